The molecule has 5 rings (SSSR count). The maximum absolute atomic E-state index is 13.9. The summed E-state index contributed by atoms with van der Waals surface area (Å²) in [5, 5.41) is 4.07. The molecular formula is C29H29N3O3. The molecule has 0 spiro atoms. The van der Waals surface area contributed by atoms with Gasteiger partial charge < -0.3 is 19.5 Å². The molecule has 1 N–H and O–H groups in total. The van der Waals surface area contributed by atoms with Crippen molar-refractivity contribution < 1.29 is 14.3 Å². The molecule has 0 bridgehead atoms. The molecule has 0 radical (unpaired) electrons. The van der Waals surface area contributed by atoms with Crippen LogP contribution in [-0.4, -0.2) is 33.4 Å². The Balaban J connectivity index is 1.50. The van der Waals surface area contributed by atoms with Crippen molar-refractivity contribution in [2.24, 2.45) is 0 Å². The second-order valence-electron chi connectivity index (χ2n) is 9.08. The first-order valence-corrected chi connectivity index (χ1v) is 11.9. The predicted octanol–water partition coefficient (Wildman–Crippen LogP) is 4.77. The minimum atomic E-state index is -1.07. The van der Waals surface area contributed by atoms with Crippen LogP contribution in [0.3, 0.4) is 0 Å². The van der Waals surface area contributed by atoms with E-state index in [2.05, 4.69) is 5.32 Å². The molecule has 178 valence electrons. The summed E-state index contributed by atoms with van der Waals surface area (Å²) < 4.78 is 7.54. The first-order chi connectivity index (χ1) is 17.0. The van der Waals surface area contributed by atoms with E-state index in [1.807, 2.05) is 103 Å². The maximum Gasteiger partial charge on any atom is 0.271 e. The van der Waals surface area contributed by atoms with Gasteiger partial charge in [-0.3, -0.25) is 9.59 Å². The lowest BCUT2D eigenvalue weighted by Gasteiger charge is -2.44. The second kappa shape index (κ2) is 9.29. The zero-order chi connectivity index (χ0) is 24.4. The summed E-state index contributed by atoms with van der Waals surface area (Å²) in [4.78, 5) is 29.3. The Morgan fingerprint density at radius 3 is 2.43 bits per heavy atom. The summed E-state index contributed by atoms with van der Waals surface area (Å²) in [6.45, 7) is 5.49. The van der Waals surface area contributed by atoms with Crippen LogP contribution in [0.4, 0.5) is 0 Å². The third kappa shape index (κ3) is 4.28. The lowest BCUT2D eigenvalue weighted by atomic mass is 9.93. The van der Waals surface area contributed by atoms with Gasteiger partial charge in [0.25, 0.3) is 5.91 Å². The highest BCUT2D eigenvalue weighted by Gasteiger charge is 2.47. The maximum atomic E-state index is 13.9. The number of benzene rings is 3. The molecule has 0 saturated carbocycles. The first-order valence-electron chi connectivity index (χ1n) is 11.9. The fourth-order valence-electron chi connectivity index (χ4n) is 4.76. The number of rotatable bonds is 7. The highest BCUT2D eigenvalue weighted by Crippen LogP contribution is 2.33. The summed E-state index contributed by atoms with van der Waals surface area (Å²) in [5.41, 5.74) is 2.44. The Hall–Kier alpha value is -4.06. The summed E-state index contributed by atoms with van der Waals surface area (Å²) >= 11 is 0. The summed E-state index contributed by atoms with van der Waals surface area (Å²) in [6, 6.07) is 27.3. The Bertz CT molecular complexity index is 1360. The summed E-state index contributed by atoms with van der Waals surface area (Å²) in [6.07, 6.45) is 0. The van der Waals surface area contributed by atoms with Crippen LogP contribution in [0.25, 0.3) is 10.9 Å². The van der Waals surface area contributed by atoms with Crippen molar-refractivity contribution in [2.45, 2.75) is 39.0 Å². The predicted molar refractivity (Wildman–Crippen MR) is 136 cm³/mol. The molecule has 1 aliphatic heterocycles. The van der Waals surface area contributed by atoms with E-state index in [0.717, 1.165) is 27.8 Å². The highest BCUT2D eigenvalue weighted by molar-refractivity contribution is 6.03. The fourth-order valence-corrected chi connectivity index (χ4v) is 4.76. The Labute approximate surface area is 205 Å². The van der Waals surface area contributed by atoms with E-state index in [9.17, 15) is 9.59 Å². The van der Waals surface area contributed by atoms with Crippen LogP contribution < -0.4 is 10.1 Å². The molecule has 1 aromatic heterocycles. The summed E-state index contributed by atoms with van der Waals surface area (Å²) in [5.74, 6) is 0.451. The van der Waals surface area contributed by atoms with E-state index in [-0.39, 0.29) is 11.8 Å². The minimum absolute atomic E-state index is 0.154. The van der Waals surface area contributed by atoms with Crippen molar-refractivity contribution in [3.63, 3.8) is 0 Å². The van der Waals surface area contributed by atoms with Crippen LogP contribution in [-0.2, 0) is 24.4 Å². The number of ether oxygens (including phenoxy) is 1. The number of para-hydroxylation sites is 1. The van der Waals surface area contributed by atoms with Gasteiger partial charge in [0.1, 0.15) is 17.0 Å². The smallest absolute Gasteiger partial charge is 0.271 e. The first kappa shape index (κ1) is 22.7. The molecule has 0 saturated heterocycles. The van der Waals surface area contributed by atoms with Gasteiger partial charge in [-0.15, -0.1) is 0 Å². The van der Waals surface area contributed by atoms with Gasteiger partial charge in [0.15, 0.2) is 0 Å². The largest absolute Gasteiger partial charge is 0.494 e. The number of aromatic nitrogens is 1. The van der Waals surface area contributed by atoms with Crippen LogP contribution in [0.1, 0.15) is 35.5 Å². The molecule has 6 nitrogen and oxygen atoms in total. The van der Waals surface area contributed by atoms with E-state index in [1.165, 1.54) is 0 Å². The molecule has 0 fully saturated rings. The van der Waals surface area contributed by atoms with Crippen molar-refractivity contribution in [2.75, 3.05) is 6.61 Å². The van der Waals surface area contributed by atoms with E-state index in [0.29, 0.717) is 31.9 Å². The van der Waals surface area contributed by atoms with Crippen LogP contribution in [0.15, 0.2) is 84.9 Å². The SMILES string of the molecule is CCOc1ccc(CN2C(=O)c3cc4ccccc4n3CC2(C)C(=O)NCc2ccccc2)cc1. The third-order valence-electron chi connectivity index (χ3n) is 6.70. The zero-order valence-electron chi connectivity index (χ0n) is 20.0. The standard InChI is InChI=1S/C29H29N3O3/c1-3-35-24-15-13-22(14-16-24)19-32-27(33)26-17-23-11-7-8-12-25(23)31(26)20-29(32,2)28(34)30-18-21-9-5-4-6-10-21/h4-17H,3,18-20H2,1-2H3,(H,30,34). The quantitative estimate of drug-likeness (QED) is 0.426. The van der Waals surface area contributed by atoms with E-state index >= 15 is 0 Å². The molecule has 1 atom stereocenters. The van der Waals surface area contributed by atoms with Gasteiger partial charge in [0, 0.05) is 24.0 Å². The Morgan fingerprint density at radius 1 is 0.971 bits per heavy atom. The molecular weight excluding hydrogens is 438 g/mol. The molecule has 6 heteroatoms. The molecule has 1 aliphatic rings. The molecule has 4 aromatic rings. The lowest BCUT2D eigenvalue weighted by molar-refractivity contribution is -0.133. The van der Waals surface area contributed by atoms with Crippen LogP contribution in [0.2, 0.25) is 0 Å². The number of carbonyl (C=O) groups is 2. The number of nitrogens with zero attached hydrogens (tertiary/aromatic N) is 2. The molecule has 2 amide bonds. The molecule has 3 aromatic carbocycles. The Morgan fingerprint density at radius 2 is 1.69 bits per heavy atom. The van der Waals surface area contributed by atoms with Gasteiger partial charge in [0.05, 0.1) is 13.2 Å². The number of amides is 2. The average Bonchev–Trinajstić information content (AvgIpc) is 3.25. The van der Waals surface area contributed by atoms with Gasteiger partial charge in [-0.1, -0.05) is 60.7 Å². The molecule has 1 unspecified atom stereocenters. The van der Waals surface area contributed by atoms with E-state index < -0.39 is 5.54 Å². The van der Waals surface area contributed by atoms with Crippen LogP contribution in [0, 0.1) is 0 Å². The van der Waals surface area contributed by atoms with Gasteiger partial charge in [-0.25, -0.2) is 0 Å². The van der Waals surface area contributed by atoms with Crippen molar-refractivity contribution in [3.8, 4) is 5.75 Å². The van der Waals surface area contributed by atoms with Crippen molar-refractivity contribution in [3.05, 3.63) is 102 Å². The Kier molecular flexibility index (Phi) is 6.03. The van der Waals surface area contributed by atoms with Gasteiger partial charge in [0.2, 0.25) is 5.91 Å². The van der Waals surface area contributed by atoms with Crippen LogP contribution in [0.5, 0.6) is 5.75 Å². The summed E-state index contributed by atoms with van der Waals surface area (Å²) in [7, 11) is 0. The number of fused-ring (bicyclic) bond motifs is 3. The fraction of sp³-hybridized carbons (Fsp3) is 0.241. The third-order valence-corrected chi connectivity index (χ3v) is 6.70. The molecule has 0 aliphatic carbocycles. The average molecular weight is 468 g/mol. The van der Waals surface area contributed by atoms with Crippen molar-refractivity contribution in [1.29, 1.82) is 0 Å². The highest BCUT2D eigenvalue weighted by atomic mass is 16.5. The molecule has 2 heterocycles. The number of nitrogens with one attached hydrogen (secondary N) is 1. The van der Waals surface area contributed by atoms with Crippen molar-refractivity contribution >= 4 is 22.7 Å². The number of hydrogen-bond acceptors (Lipinski definition) is 3. The monoisotopic (exact) mass is 467 g/mol. The van der Waals surface area contributed by atoms with E-state index in [1.54, 1.807) is 4.90 Å². The minimum Gasteiger partial charge on any atom is -0.494 e. The van der Waals surface area contributed by atoms with Gasteiger partial charge >= 0.3 is 0 Å². The van der Waals surface area contributed by atoms with Crippen molar-refractivity contribution in [1.82, 2.24) is 14.8 Å². The number of carbonyl (C=O) groups excluding carboxylic acids is 2. The van der Waals surface area contributed by atoms with E-state index in [4.69, 9.17) is 4.74 Å². The topological polar surface area (TPSA) is 63.6 Å². The normalized spacial score (nSPS) is 17.3. The van der Waals surface area contributed by atoms with Gasteiger partial charge in [-0.05, 0) is 49.2 Å². The van der Waals surface area contributed by atoms with Crippen LogP contribution >= 0.6 is 0 Å². The zero-order valence-corrected chi connectivity index (χ0v) is 20.0. The second-order valence-corrected chi connectivity index (χ2v) is 9.08. The van der Waals surface area contributed by atoms with Gasteiger partial charge in [-0.2, -0.15) is 0 Å². The lowest BCUT2D eigenvalue weighted by Crippen LogP contribution is -2.63. The number of hydrogen-bond donors (Lipinski definition) is 1. The molecule has 35 heavy (non-hydrogen) atoms.